The first-order valence-electron chi connectivity index (χ1n) is 9.37. The lowest BCUT2D eigenvalue weighted by Crippen LogP contribution is -2.34. The Morgan fingerprint density at radius 1 is 1.30 bits per heavy atom. The van der Waals surface area contributed by atoms with Gasteiger partial charge in [-0.25, -0.2) is 9.50 Å². The largest absolute Gasteiger partial charge is 0.476 e. The van der Waals surface area contributed by atoms with Crippen molar-refractivity contribution in [2.75, 3.05) is 26.7 Å². The summed E-state index contributed by atoms with van der Waals surface area (Å²) in [5.74, 6) is 1.17. The molecule has 0 amide bonds. The van der Waals surface area contributed by atoms with Crippen LogP contribution in [0.1, 0.15) is 30.1 Å². The van der Waals surface area contributed by atoms with Gasteiger partial charge < -0.3 is 9.64 Å². The molecule has 0 bridgehead atoms. The molecule has 140 valence electrons. The molecule has 27 heavy (non-hydrogen) atoms. The van der Waals surface area contributed by atoms with Gasteiger partial charge in [-0.3, -0.25) is 4.79 Å². The second kappa shape index (κ2) is 7.48. The van der Waals surface area contributed by atoms with Crippen LogP contribution in [0.3, 0.4) is 0 Å². The lowest BCUT2D eigenvalue weighted by Gasteiger charge is -2.29. The van der Waals surface area contributed by atoms with Crippen LogP contribution in [0.2, 0.25) is 0 Å². The number of rotatable bonds is 5. The summed E-state index contributed by atoms with van der Waals surface area (Å²) in [4.78, 5) is 18.5. The molecule has 0 N–H and O–H groups in total. The Kier molecular flexibility index (Phi) is 4.90. The Labute approximate surface area is 158 Å². The van der Waals surface area contributed by atoms with Crippen LogP contribution in [0, 0.1) is 5.92 Å². The molecular formula is C21H24N4O2. The third-order valence-corrected chi connectivity index (χ3v) is 5.09. The summed E-state index contributed by atoms with van der Waals surface area (Å²) < 4.78 is 7.76. The predicted molar refractivity (Wildman–Crippen MR) is 104 cm³/mol. The number of ether oxygens (including phenoxy) is 1. The normalized spacial score (nSPS) is 17.9. The lowest BCUT2D eigenvalue weighted by atomic mass is 10.00. The van der Waals surface area contributed by atoms with Crippen molar-refractivity contribution in [1.29, 1.82) is 0 Å². The fraction of sp³-hybridized carbons (Fsp3) is 0.381. The maximum absolute atomic E-state index is 11.7. The first kappa shape index (κ1) is 17.7. The van der Waals surface area contributed by atoms with E-state index in [0.29, 0.717) is 24.0 Å². The molecule has 3 heterocycles. The zero-order valence-corrected chi connectivity index (χ0v) is 15.8. The molecule has 1 fully saturated rings. The Balaban J connectivity index is 1.58. The van der Waals surface area contributed by atoms with E-state index in [1.807, 2.05) is 36.4 Å². The average Bonchev–Trinajstić information content (AvgIpc) is 3.10. The molecule has 1 aliphatic rings. The number of hydrogen-bond donors (Lipinski definition) is 0. The second-order valence-corrected chi connectivity index (χ2v) is 7.30. The smallest absolute Gasteiger partial charge is 0.231 e. The van der Waals surface area contributed by atoms with Crippen LogP contribution >= 0.6 is 0 Å². The van der Waals surface area contributed by atoms with Crippen LogP contribution in [0.5, 0.6) is 5.88 Å². The van der Waals surface area contributed by atoms with Gasteiger partial charge in [-0.05, 0) is 45.5 Å². The van der Waals surface area contributed by atoms with E-state index in [-0.39, 0.29) is 5.78 Å². The van der Waals surface area contributed by atoms with E-state index in [0.717, 1.165) is 23.4 Å². The third-order valence-electron chi connectivity index (χ3n) is 5.09. The maximum Gasteiger partial charge on any atom is 0.231 e. The zero-order valence-electron chi connectivity index (χ0n) is 15.8. The van der Waals surface area contributed by atoms with E-state index in [1.165, 1.54) is 19.4 Å². The molecule has 3 aromatic rings. The molecule has 0 saturated carbocycles. The Morgan fingerprint density at radius 2 is 2.19 bits per heavy atom. The van der Waals surface area contributed by atoms with Crippen molar-refractivity contribution >= 4 is 11.4 Å². The minimum atomic E-state index is 0.0418. The summed E-state index contributed by atoms with van der Waals surface area (Å²) in [6, 6.07) is 11.3. The standard InChI is InChI=1S/C21H24N4O2/c1-15(26)17-6-3-7-18(11-17)19-12-22-20-8-9-21(23-25(19)20)27-14-16-5-4-10-24(2)13-16/h3,6-9,11-12,16H,4-5,10,13-14H2,1-2H3. The Hall–Kier alpha value is -2.73. The summed E-state index contributed by atoms with van der Waals surface area (Å²) in [7, 11) is 2.16. The van der Waals surface area contributed by atoms with E-state index in [1.54, 1.807) is 17.6 Å². The molecule has 1 aliphatic heterocycles. The zero-order chi connectivity index (χ0) is 18.8. The minimum Gasteiger partial charge on any atom is -0.476 e. The number of imidazole rings is 1. The molecule has 1 atom stereocenters. The van der Waals surface area contributed by atoms with Crippen LogP contribution in [0.4, 0.5) is 0 Å². The third kappa shape index (κ3) is 3.85. The molecule has 6 nitrogen and oxygen atoms in total. The number of ketones is 1. The van der Waals surface area contributed by atoms with Crippen molar-refractivity contribution in [3.8, 4) is 17.1 Å². The van der Waals surface area contributed by atoms with Gasteiger partial charge in [0.05, 0.1) is 18.5 Å². The fourth-order valence-corrected chi connectivity index (χ4v) is 3.64. The van der Waals surface area contributed by atoms with Crippen molar-refractivity contribution in [2.45, 2.75) is 19.8 Å². The highest BCUT2D eigenvalue weighted by atomic mass is 16.5. The van der Waals surface area contributed by atoms with Gasteiger partial charge >= 0.3 is 0 Å². The lowest BCUT2D eigenvalue weighted by molar-refractivity contribution is 0.101. The predicted octanol–water partition coefficient (Wildman–Crippen LogP) is 3.32. The van der Waals surface area contributed by atoms with Gasteiger partial charge in [0.15, 0.2) is 11.4 Å². The molecule has 0 aliphatic carbocycles. The Bertz CT molecular complexity index is 966. The van der Waals surface area contributed by atoms with Gasteiger partial charge in [0.25, 0.3) is 0 Å². The molecule has 6 heteroatoms. The Morgan fingerprint density at radius 3 is 3.00 bits per heavy atom. The molecule has 2 aromatic heterocycles. The molecule has 0 radical (unpaired) electrons. The molecule has 1 aromatic carbocycles. The van der Waals surface area contributed by atoms with E-state index in [9.17, 15) is 4.79 Å². The van der Waals surface area contributed by atoms with E-state index < -0.39 is 0 Å². The molecule has 1 saturated heterocycles. The quantitative estimate of drug-likeness (QED) is 0.650. The highest BCUT2D eigenvalue weighted by molar-refractivity contribution is 5.95. The van der Waals surface area contributed by atoms with Crippen molar-refractivity contribution in [1.82, 2.24) is 19.5 Å². The van der Waals surface area contributed by atoms with Crippen LogP contribution in [-0.4, -0.2) is 52.0 Å². The van der Waals surface area contributed by atoms with Crippen LogP contribution in [0.15, 0.2) is 42.6 Å². The van der Waals surface area contributed by atoms with Crippen molar-refractivity contribution in [3.63, 3.8) is 0 Å². The second-order valence-electron chi connectivity index (χ2n) is 7.30. The van der Waals surface area contributed by atoms with Gasteiger partial charge in [-0.2, -0.15) is 0 Å². The number of aromatic nitrogens is 3. The van der Waals surface area contributed by atoms with Crippen LogP contribution < -0.4 is 4.74 Å². The van der Waals surface area contributed by atoms with Gasteiger partial charge in [0.1, 0.15) is 0 Å². The van der Waals surface area contributed by atoms with Crippen LogP contribution in [0.25, 0.3) is 16.9 Å². The van der Waals surface area contributed by atoms with Gasteiger partial charge in [-0.15, -0.1) is 5.10 Å². The summed E-state index contributed by atoms with van der Waals surface area (Å²) in [6.07, 6.45) is 4.19. The maximum atomic E-state index is 11.7. The van der Waals surface area contributed by atoms with Crippen molar-refractivity contribution in [2.24, 2.45) is 5.92 Å². The molecular weight excluding hydrogens is 340 g/mol. The van der Waals surface area contributed by atoms with E-state index >= 15 is 0 Å². The van der Waals surface area contributed by atoms with Crippen LogP contribution in [-0.2, 0) is 0 Å². The van der Waals surface area contributed by atoms with Gasteiger partial charge in [-0.1, -0.05) is 18.2 Å². The number of carbonyl (C=O) groups excluding carboxylic acids is 1. The number of Topliss-reactive ketones (excluding diaryl/α,β-unsaturated/α-hetero) is 1. The summed E-state index contributed by atoms with van der Waals surface area (Å²) in [5.41, 5.74) is 3.18. The highest BCUT2D eigenvalue weighted by Crippen LogP contribution is 2.23. The van der Waals surface area contributed by atoms with Gasteiger partial charge in [0.2, 0.25) is 5.88 Å². The van der Waals surface area contributed by atoms with Crippen molar-refractivity contribution < 1.29 is 9.53 Å². The monoisotopic (exact) mass is 364 g/mol. The topological polar surface area (TPSA) is 59.7 Å². The number of carbonyl (C=O) groups is 1. The molecule has 4 rings (SSSR count). The van der Waals surface area contributed by atoms with E-state index in [4.69, 9.17) is 4.74 Å². The number of nitrogens with zero attached hydrogens (tertiary/aromatic N) is 4. The number of benzene rings is 1. The minimum absolute atomic E-state index is 0.0418. The fourth-order valence-electron chi connectivity index (χ4n) is 3.64. The SMILES string of the molecule is CC(=O)c1cccc(-c2cnc3ccc(OCC4CCCN(C)C4)nn23)c1. The average molecular weight is 364 g/mol. The summed E-state index contributed by atoms with van der Waals surface area (Å²) in [6.45, 7) is 4.47. The summed E-state index contributed by atoms with van der Waals surface area (Å²) >= 11 is 0. The highest BCUT2D eigenvalue weighted by Gasteiger charge is 2.18. The first-order chi connectivity index (χ1) is 13.1. The number of hydrogen-bond acceptors (Lipinski definition) is 5. The van der Waals surface area contributed by atoms with E-state index in [2.05, 4.69) is 22.0 Å². The number of fused-ring (bicyclic) bond motifs is 1. The first-order valence-corrected chi connectivity index (χ1v) is 9.37. The molecule has 1 unspecified atom stereocenters. The van der Waals surface area contributed by atoms with Gasteiger partial charge in [0, 0.05) is 29.7 Å². The number of piperidine rings is 1. The number of likely N-dealkylation sites (tertiary alicyclic amines) is 1. The summed E-state index contributed by atoms with van der Waals surface area (Å²) in [5, 5.41) is 4.62. The molecule has 0 spiro atoms. The van der Waals surface area contributed by atoms with Crippen molar-refractivity contribution in [3.05, 3.63) is 48.2 Å².